The third-order valence-electron chi connectivity index (χ3n) is 3.38. The van der Waals surface area contributed by atoms with Crippen molar-refractivity contribution in [1.29, 1.82) is 0 Å². The van der Waals surface area contributed by atoms with Crippen molar-refractivity contribution in [2.24, 2.45) is 4.99 Å². The minimum atomic E-state index is -0.231. The second kappa shape index (κ2) is 8.34. The van der Waals surface area contributed by atoms with Gasteiger partial charge in [0.15, 0.2) is 5.96 Å². The van der Waals surface area contributed by atoms with E-state index in [2.05, 4.69) is 73.4 Å². The molecule has 0 aliphatic carbocycles. The highest BCUT2D eigenvalue weighted by atomic mass is 32.1. The highest BCUT2D eigenvalue weighted by molar-refractivity contribution is 7.11. The molecule has 136 valence electrons. The van der Waals surface area contributed by atoms with Gasteiger partial charge in [-0.2, -0.15) is 0 Å². The molecule has 6 heteroatoms. The predicted octanol–water partition coefficient (Wildman–Crippen LogP) is 3.80. The third-order valence-corrected chi connectivity index (χ3v) is 4.30. The zero-order valence-electron chi connectivity index (χ0n) is 15.9. The second-order valence-corrected chi connectivity index (χ2v) is 8.29. The highest BCUT2D eigenvalue weighted by Gasteiger charge is 2.15. The van der Waals surface area contributed by atoms with Gasteiger partial charge < -0.3 is 15.4 Å². The first-order valence-corrected chi connectivity index (χ1v) is 9.23. The molecule has 0 amide bonds. The van der Waals surface area contributed by atoms with Crippen molar-refractivity contribution >= 4 is 17.3 Å². The molecule has 0 aliphatic rings. The second-order valence-electron chi connectivity index (χ2n) is 6.97. The molecular formula is C19H28N4OS. The van der Waals surface area contributed by atoms with Crippen LogP contribution in [0.15, 0.2) is 29.4 Å². The Bertz CT molecular complexity index is 731. The summed E-state index contributed by atoms with van der Waals surface area (Å²) in [6.45, 7) is 11.6. The van der Waals surface area contributed by atoms with Gasteiger partial charge in [0.2, 0.25) is 0 Å². The van der Waals surface area contributed by atoms with Gasteiger partial charge in [0.05, 0.1) is 6.54 Å². The molecule has 0 unspecified atom stereocenters. The van der Waals surface area contributed by atoms with Gasteiger partial charge in [-0.05, 0) is 46.2 Å². The lowest BCUT2D eigenvalue weighted by atomic mass is 10.1. The molecule has 2 rings (SSSR count). The Labute approximate surface area is 154 Å². The summed E-state index contributed by atoms with van der Waals surface area (Å²) in [7, 11) is 1.77. The van der Waals surface area contributed by atoms with Gasteiger partial charge in [0, 0.05) is 30.2 Å². The van der Waals surface area contributed by atoms with Crippen molar-refractivity contribution in [3.8, 4) is 5.75 Å². The number of benzene rings is 1. The summed E-state index contributed by atoms with van der Waals surface area (Å²) in [6, 6.07) is 6.28. The Hall–Kier alpha value is -2.08. The topological polar surface area (TPSA) is 58.5 Å². The summed E-state index contributed by atoms with van der Waals surface area (Å²) in [6.07, 6.45) is 1.89. The van der Waals surface area contributed by atoms with E-state index in [1.54, 1.807) is 18.4 Å². The van der Waals surface area contributed by atoms with Crippen molar-refractivity contribution in [2.75, 3.05) is 7.05 Å². The minimum absolute atomic E-state index is 0.231. The van der Waals surface area contributed by atoms with Gasteiger partial charge in [-0.25, -0.2) is 4.98 Å². The van der Waals surface area contributed by atoms with Crippen molar-refractivity contribution in [2.45, 2.75) is 53.3 Å². The van der Waals surface area contributed by atoms with Crippen LogP contribution in [0.4, 0.5) is 0 Å². The highest BCUT2D eigenvalue weighted by Crippen LogP contribution is 2.24. The smallest absolute Gasteiger partial charge is 0.191 e. The first-order chi connectivity index (χ1) is 11.8. The lowest BCUT2D eigenvalue weighted by molar-refractivity contribution is 0.129. The van der Waals surface area contributed by atoms with E-state index in [4.69, 9.17) is 4.74 Å². The van der Waals surface area contributed by atoms with E-state index in [1.165, 1.54) is 10.4 Å². The Kier molecular flexibility index (Phi) is 6.42. The quantitative estimate of drug-likeness (QED) is 0.629. The summed E-state index contributed by atoms with van der Waals surface area (Å²) >= 11 is 1.69. The van der Waals surface area contributed by atoms with Crippen LogP contribution in [0.1, 0.15) is 41.8 Å². The number of rotatable bonds is 5. The summed E-state index contributed by atoms with van der Waals surface area (Å²) < 4.78 is 6.10. The van der Waals surface area contributed by atoms with Gasteiger partial charge in [0.25, 0.3) is 0 Å². The monoisotopic (exact) mass is 360 g/mol. The molecule has 1 heterocycles. The summed E-state index contributed by atoms with van der Waals surface area (Å²) in [5.41, 5.74) is 2.06. The van der Waals surface area contributed by atoms with E-state index < -0.39 is 0 Å². The van der Waals surface area contributed by atoms with Crippen LogP contribution in [-0.4, -0.2) is 23.6 Å². The minimum Gasteiger partial charge on any atom is -0.488 e. The average Bonchev–Trinajstić information content (AvgIpc) is 2.93. The zero-order chi connectivity index (χ0) is 18.4. The van der Waals surface area contributed by atoms with E-state index in [0.29, 0.717) is 13.1 Å². The number of aromatic nitrogens is 1. The van der Waals surface area contributed by atoms with Gasteiger partial charge in [-0.15, -0.1) is 11.3 Å². The number of nitrogens with zero attached hydrogens (tertiary/aromatic N) is 2. The van der Waals surface area contributed by atoms with Gasteiger partial charge in [0.1, 0.15) is 16.4 Å². The fraction of sp³-hybridized carbons (Fsp3) is 0.474. The molecular weight excluding hydrogens is 332 g/mol. The summed E-state index contributed by atoms with van der Waals surface area (Å²) in [4.78, 5) is 9.85. The number of aliphatic imine (C=N–C) groups is 1. The SMILES string of the molecule is CN=C(NCc1ncc(C)s1)NCc1ccc(C)cc1OC(C)(C)C. The van der Waals surface area contributed by atoms with Gasteiger partial charge >= 0.3 is 0 Å². The maximum atomic E-state index is 6.10. The molecule has 25 heavy (non-hydrogen) atoms. The van der Waals surface area contributed by atoms with Crippen molar-refractivity contribution in [3.63, 3.8) is 0 Å². The van der Waals surface area contributed by atoms with E-state index >= 15 is 0 Å². The number of hydrogen-bond acceptors (Lipinski definition) is 4. The molecule has 5 nitrogen and oxygen atoms in total. The lowest BCUT2D eigenvalue weighted by Crippen LogP contribution is -2.36. The van der Waals surface area contributed by atoms with Crippen molar-refractivity contribution < 1.29 is 4.74 Å². The van der Waals surface area contributed by atoms with Crippen LogP contribution >= 0.6 is 11.3 Å². The Morgan fingerprint density at radius 2 is 1.92 bits per heavy atom. The maximum absolute atomic E-state index is 6.10. The molecule has 1 aromatic carbocycles. The number of guanidine groups is 1. The van der Waals surface area contributed by atoms with Crippen LogP contribution in [0.5, 0.6) is 5.75 Å². The fourth-order valence-electron chi connectivity index (χ4n) is 2.27. The average molecular weight is 361 g/mol. The molecule has 1 aromatic heterocycles. The molecule has 0 radical (unpaired) electrons. The number of ether oxygens (including phenoxy) is 1. The van der Waals surface area contributed by atoms with E-state index in [9.17, 15) is 0 Å². The van der Waals surface area contributed by atoms with Crippen LogP contribution < -0.4 is 15.4 Å². The van der Waals surface area contributed by atoms with Crippen LogP contribution in [0.3, 0.4) is 0 Å². The van der Waals surface area contributed by atoms with E-state index in [1.807, 2.05) is 6.20 Å². The number of nitrogens with one attached hydrogen (secondary N) is 2. The molecule has 0 fully saturated rings. The standard InChI is InChI=1S/C19H28N4OS/c1-13-7-8-15(16(9-13)24-19(3,4)5)11-22-18(20-6)23-12-17-21-10-14(2)25-17/h7-10H,11-12H2,1-6H3,(H2,20,22,23). The fourth-order valence-corrected chi connectivity index (χ4v) is 3.00. The van der Waals surface area contributed by atoms with Crippen LogP contribution in [0.25, 0.3) is 0 Å². The van der Waals surface area contributed by atoms with E-state index in [-0.39, 0.29) is 5.60 Å². The largest absolute Gasteiger partial charge is 0.488 e. The molecule has 0 aliphatic heterocycles. The Morgan fingerprint density at radius 3 is 2.52 bits per heavy atom. The first-order valence-electron chi connectivity index (χ1n) is 8.41. The number of hydrogen-bond donors (Lipinski definition) is 2. The molecule has 2 aromatic rings. The first kappa shape index (κ1) is 19.2. The maximum Gasteiger partial charge on any atom is 0.191 e. The number of aryl methyl sites for hydroxylation is 2. The van der Waals surface area contributed by atoms with Gasteiger partial charge in [-0.3, -0.25) is 4.99 Å². The van der Waals surface area contributed by atoms with Crippen LogP contribution in [0, 0.1) is 13.8 Å². The Balaban J connectivity index is 1.98. The van der Waals surface area contributed by atoms with Crippen molar-refractivity contribution in [3.05, 3.63) is 45.4 Å². The number of thiazole rings is 1. The predicted molar refractivity (Wildman–Crippen MR) is 105 cm³/mol. The lowest BCUT2D eigenvalue weighted by Gasteiger charge is -2.24. The molecule has 0 saturated carbocycles. The molecule has 0 atom stereocenters. The summed E-state index contributed by atoms with van der Waals surface area (Å²) in [5, 5.41) is 7.69. The van der Waals surface area contributed by atoms with E-state index in [0.717, 1.165) is 22.3 Å². The zero-order valence-corrected chi connectivity index (χ0v) is 16.8. The molecule has 0 spiro atoms. The molecule has 0 bridgehead atoms. The molecule has 2 N–H and O–H groups in total. The van der Waals surface area contributed by atoms with Crippen LogP contribution in [0.2, 0.25) is 0 Å². The normalized spacial score (nSPS) is 12.2. The van der Waals surface area contributed by atoms with Gasteiger partial charge in [-0.1, -0.05) is 12.1 Å². The third kappa shape index (κ3) is 6.38. The van der Waals surface area contributed by atoms with Crippen molar-refractivity contribution in [1.82, 2.24) is 15.6 Å². The molecule has 0 saturated heterocycles. The summed E-state index contributed by atoms with van der Waals surface area (Å²) in [5.74, 6) is 1.65. The Morgan fingerprint density at radius 1 is 1.20 bits per heavy atom. The van der Waals surface area contributed by atoms with Crippen LogP contribution in [-0.2, 0) is 13.1 Å².